The molecule has 29 heavy (non-hydrogen) atoms. The van der Waals surface area contributed by atoms with Gasteiger partial charge in [0.25, 0.3) is 5.91 Å². The smallest absolute Gasteiger partial charge is 0.258 e. The molecule has 150 valence electrons. The molecule has 0 aliphatic rings. The number of hydrogen-bond donors (Lipinski definition) is 1. The molecule has 3 rings (SSSR count). The molecule has 0 aliphatic heterocycles. The van der Waals surface area contributed by atoms with E-state index in [9.17, 15) is 9.59 Å². The number of ether oxygens (including phenoxy) is 2. The number of carbonyl (C=O) groups excluding carboxylic acids is 2. The molecule has 0 fully saturated rings. The summed E-state index contributed by atoms with van der Waals surface area (Å²) in [6.07, 6.45) is 3.49. The predicted molar refractivity (Wildman–Crippen MR) is 108 cm³/mol. The van der Waals surface area contributed by atoms with Crippen molar-refractivity contribution in [1.29, 1.82) is 0 Å². The van der Waals surface area contributed by atoms with Gasteiger partial charge in [-0.15, -0.1) is 0 Å². The Balaban J connectivity index is 1.75. The second-order valence-electron chi connectivity index (χ2n) is 6.51. The maximum atomic E-state index is 12.6. The van der Waals surface area contributed by atoms with E-state index in [0.717, 1.165) is 5.56 Å². The Bertz CT molecular complexity index is 995. The molecule has 7 nitrogen and oxygen atoms in total. The van der Waals surface area contributed by atoms with Crippen LogP contribution in [0.4, 0.5) is 0 Å². The van der Waals surface area contributed by atoms with Crippen LogP contribution in [0, 0.1) is 0 Å². The molecule has 0 saturated carbocycles. The number of carbonyl (C=O) groups is 2. The summed E-state index contributed by atoms with van der Waals surface area (Å²) in [6.45, 7) is 1.33. The number of nitrogens with one attached hydrogen (secondary N) is 1. The van der Waals surface area contributed by atoms with Crippen LogP contribution in [0.5, 0.6) is 11.5 Å². The van der Waals surface area contributed by atoms with Crippen molar-refractivity contribution in [3.63, 3.8) is 0 Å². The lowest BCUT2D eigenvalue weighted by molar-refractivity contribution is -0.123. The van der Waals surface area contributed by atoms with Crippen molar-refractivity contribution in [3.8, 4) is 11.5 Å². The Morgan fingerprint density at radius 3 is 2.48 bits per heavy atom. The van der Waals surface area contributed by atoms with Crippen molar-refractivity contribution < 1.29 is 19.1 Å². The van der Waals surface area contributed by atoms with Gasteiger partial charge in [-0.2, -0.15) is 0 Å². The zero-order valence-electron chi connectivity index (χ0n) is 16.6. The normalized spacial score (nSPS) is 11.6. The largest absolute Gasteiger partial charge is 0.496 e. The van der Waals surface area contributed by atoms with Gasteiger partial charge in [-0.3, -0.25) is 9.59 Å². The number of rotatable bonds is 8. The van der Waals surface area contributed by atoms with Gasteiger partial charge in [0.1, 0.15) is 23.4 Å². The minimum Gasteiger partial charge on any atom is -0.496 e. The van der Waals surface area contributed by atoms with E-state index in [0.29, 0.717) is 22.9 Å². The van der Waals surface area contributed by atoms with Crippen LogP contribution in [0.15, 0.2) is 60.9 Å². The Labute approximate surface area is 169 Å². The minimum atomic E-state index is -0.498. The van der Waals surface area contributed by atoms with Crippen LogP contribution < -0.4 is 14.8 Å². The van der Waals surface area contributed by atoms with Crippen molar-refractivity contribution in [2.24, 2.45) is 7.05 Å². The number of benzene rings is 2. The maximum Gasteiger partial charge on any atom is 0.258 e. The molecule has 1 aromatic heterocycles. The molecule has 0 radical (unpaired) electrons. The zero-order chi connectivity index (χ0) is 20.8. The number of imidazole rings is 1. The SMILES string of the molecule is COc1ccccc1C(NC(=O)COc1ccc(C(C)=O)cc1)c1nccn1C. The van der Waals surface area contributed by atoms with E-state index >= 15 is 0 Å². The van der Waals surface area contributed by atoms with Crippen LogP contribution in [-0.2, 0) is 11.8 Å². The third-order valence-electron chi connectivity index (χ3n) is 4.50. The second-order valence-corrected chi connectivity index (χ2v) is 6.51. The number of nitrogens with zero attached hydrogens (tertiary/aromatic N) is 2. The fraction of sp³-hybridized carbons (Fsp3) is 0.227. The molecule has 1 heterocycles. The van der Waals surface area contributed by atoms with E-state index in [1.54, 1.807) is 37.6 Å². The van der Waals surface area contributed by atoms with E-state index in [1.165, 1.54) is 6.92 Å². The Hall–Kier alpha value is -3.61. The monoisotopic (exact) mass is 393 g/mol. The van der Waals surface area contributed by atoms with Crippen molar-refractivity contribution in [1.82, 2.24) is 14.9 Å². The number of ketones is 1. The highest BCUT2D eigenvalue weighted by atomic mass is 16.5. The summed E-state index contributed by atoms with van der Waals surface area (Å²) in [5.74, 6) is 1.51. The molecule has 0 aliphatic carbocycles. The molecular formula is C22H23N3O4. The number of para-hydroxylation sites is 1. The first-order valence-electron chi connectivity index (χ1n) is 9.13. The van der Waals surface area contributed by atoms with Crippen molar-refractivity contribution in [2.75, 3.05) is 13.7 Å². The van der Waals surface area contributed by atoms with Gasteiger partial charge in [0.05, 0.1) is 7.11 Å². The van der Waals surface area contributed by atoms with E-state index in [1.807, 2.05) is 42.1 Å². The number of amides is 1. The molecule has 1 atom stereocenters. The molecule has 1 amide bonds. The summed E-state index contributed by atoms with van der Waals surface area (Å²) in [7, 11) is 3.45. The number of aromatic nitrogens is 2. The van der Waals surface area contributed by atoms with Gasteiger partial charge >= 0.3 is 0 Å². The lowest BCUT2D eigenvalue weighted by atomic mass is 10.0. The number of methoxy groups -OCH3 is 1. The summed E-state index contributed by atoms with van der Waals surface area (Å²) in [5, 5.41) is 2.97. The van der Waals surface area contributed by atoms with Crippen LogP contribution in [0.3, 0.4) is 0 Å². The first kappa shape index (κ1) is 20.1. The highest BCUT2D eigenvalue weighted by Crippen LogP contribution is 2.29. The summed E-state index contributed by atoms with van der Waals surface area (Å²) < 4.78 is 12.9. The molecule has 2 aromatic carbocycles. The number of Topliss-reactive ketones (excluding diaryl/α,β-unsaturated/α-hetero) is 1. The van der Waals surface area contributed by atoms with Crippen LogP contribution in [0.2, 0.25) is 0 Å². The average molecular weight is 393 g/mol. The second kappa shape index (κ2) is 9.05. The fourth-order valence-electron chi connectivity index (χ4n) is 2.98. The van der Waals surface area contributed by atoms with E-state index < -0.39 is 6.04 Å². The van der Waals surface area contributed by atoms with Crippen molar-refractivity contribution >= 4 is 11.7 Å². The minimum absolute atomic E-state index is 0.0241. The molecule has 3 aromatic rings. The van der Waals surface area contributed by atoms with Crippen LogP contribution in [-0.4, -0.2) is 35.0 Å². The van der Waals surface area contributed by atoms with Gasteiger partial charge in [0, 0.05) is 30.6 Å². The van der Waals surface area contributed by atoms with E-state index in [-0.39, 0.29) is 18.3 Å². The van der Waals surface area contributed by atoms with E-state index in [2.05, 4.69) is 10.3 Å². The van der Waals surface area contributed by atoms with E-state index in [4.69, 9.17) is 9.47 Å². The molecular weight excluding hydrogens is 370 g/mol. The van der Waals surface area contributed by atoms with Crippen molar-refractivity contribution in [2.45, 2.75) is 13.0 Å². The van der Waals surface area contributed by atoms with Crippen LogP contribution in [0.1, 0.15) is 34.7 Å². The van der Waals surface area contributed by atoms with Gasteiger partial charge < -0.3 is 19.4 Å². The first-order valence-corrected chi connectivity index (χ1v) is 9.13. The fourth-order valence-corrected chi connectivity index (χ4v) is 2.98. The Morgan fingerprint density at radius 1 is 1.14 bits per heavy atom. The summed E-state index contributed by atoms with van der Waals surface area (Å²) in [4.78, 5) is 28.3. The molecule has 7 heteroatoms. The third kappa shape index (κ3) is 4.82. The molecule has 1 unspecified atom stereocenters. The topological polar surface area (TPSA) is 82.4 Å². The zero-order valence-corrected chi connectivity index (χ0v) is 16.6. The van der Waals surface area contributed by atoms with Gasteiger partial charge in [0.2, 0.25) is 0 Å². The van der Waals surface area contributed by atoms with Gasteiger partial charge in [-0.1, -0.05) is 18.2 Å². The van der Waals surface area contributed by atoms with Crippen LogP contribution >= 0.6 is 0 Å². The highest BCUT2D eigenvalue weighted by Gasteiger charge is 2.24. The summed E-state index contributed by atoms with van der Waals surface area (Å²) in [5.41, 5.74) is 1.39. The molecule has 0 spiro atoms. The standard InChI is InChI=1S/C22H23N3O4/c1-15(26)16-8-10-17(11-9-16)29-14-20(27)24-21(22-23-12-13-25(22)2)18-6-4-5-7-19(18)28-3/h4-13,21H,14H2,1-3H3,(H,24,27). The highest BCUT2D eigenvalue weighted by molar-refractivity contribution is 5.94. The number of aryl methyl sites for hydroxylation is 1. The van der Waals surface area contributed by atoms with Gasteiger partial charge in [-0.05, 0) is 37.3 Å². The van der Waals surface area contributed by atoms with Gasteiger partial charge in [-0.25, -0.2) is 4.98 Å². The average Bonchev–Trinajstić information content (AvgIpc) is 3.16. The van der Waals surface area contributed by atoms with Crippen LogP contribution in [0.25, 0.3) is 0 Å². The predicted octanol–water partition coefficient (Wildman–Crippen LogP) is 2.92. The Kier molecular flexibility index (Phi) is 6.29. The number of hydrogen-bond acceptors (Lipinski definition) is 5. The third-order valence-corrected chi connectivity index (χ3v) is 4.50. The first-order chi connectivity index (χ1) is 14.0. The lowest BCUT2D eigenvalue weighted by Crippen LogP contribution is -2.34. The molecule has 0 saturated heterocycles. The summed E-state index contributed by atoms with van der Waals surface area (Å²) in [6, 6.07) is 13.6. The summed E-state index contributed by atoms with van der Waals surface area (Å²) >= 11 is 0. The quantitative estimate of drug-likeness (QED) is 0.595. The Morgan fingerprint density at radius 2 is 1.86 bits per heavy atom. The van der Waals surface area contributed by atoms with Gasteiger partial charge in [0.15, 0.2) is 12.4 Å². The maximum absolute atomic E-state index is 12.6. The lowest BCUT2D eigenvalue weighted by Gasteiger charge is -2.21. The molecule has 1 N–H and O–H groups in total. The molecule has 0 bridgehead atoms. The van der Waals surface area contributed by atoms with Crippen molar-refractivity contribution in [3.05, 3.63) is 77.9 Å².